The first-order valence-corrected chi connectivity index (χ1v) is 10.2. The molecule has 1 saturated heterocycles. The van der Waals surface area contributed by atoms with Crippen molar-refractivity contribution in [1.29, 1.82) is 0 Å². The first-order valence-electron chi connectivity index (χ1n) is 10.2. The van der Waals surface area contributed by atoms with Crippen LogP contribution in [-0.2, 0) is 4.74 Å². The molecular weight excluding hydrogens is 382 g/mol. The summed E-state index contributed by atoms with van der Waals surface area (Å²) in [4.78, 5) is 15.4. The molecule has 0 atom stereocenters. The van der Waals surface area contributed by atoms with Crippen LogP contribution in [0.4, 0.5) is 11.4 Å². The molecule has 3 aromatic rings. The molecule has 30 heavy (non-hydrogen) atoms. The highest BCUT2D eigenvalue weighted by Gasteiger charge is 2.13. The van der Waals surface area contributed by atoms with Crippen LogP contribution in [0.3, 0.4) is 0 Å². The third-order valence-electron chi connectivity index (χ3n) is 5.07. The zero-order chi connectivity index (χ0) is 20.8. The number of nitrogens with one attached hydrogen (secondary N) is 1. The summed E-state index contributed by atoms with van der Waals surface area (Å²) in [6.45, 7) is 7.10. The summed E-state index contributed by atoms with van der Waals surface area (Å²) in [5.41, 5.74) is 2.55. The number of nitrogens with zero attached hydrogens (tertiary/aromatic N) is 4. The molecule has 4 rings (SSSR count). The minimum atomic E-state index is 0.623. The van der Waals surface area contributed by atoms with Gasteiger partial charge in [0.1, 0.15) is 5.82 Å². The van der Waals surface area contributed by atoms with Crippen molar-refractivity contribution in [3.8, 4) is 11.5 Å². The van der Waals surface area contributed by atoms with Gasteiger partial charge in [0.2, 0.25) is 0 Å². The van der Waals surface area contributed by atoms with E-state index in [4.69, 9.17) is 14.2 Å². The predicted octanol–water partition coefficient (Wildman–Crippen LogP) is 3.19. The minimum absolute atomic E-state index is 0.623. The van der Waals surface area contributed by atoms with Crippen molar-refractivity contribution in [1.82, 2.24) is 19.9 Å². The fourth-order valence-corrected chi connectivity index (χ4v) is 3.44. The van der Waals surface area contributed by atoms with E-state index < -0.39 is 0 Å². The molecule has 1 fully saturated rings. The van der Waals surface area contributed by atoms with Gasteiger partial charge in [-0.1, -0.05) is 0 Å². The lowest BCUT2D eigenvalue weighted by molar-refractivity contribution is 0.0357. The highest BCUT2D eigenvalue weighted by molar-refractivity contribution is 5.94. The fraction of sp³-hybridized carbons (Fsp3) is 0.409. The van der Waals surface area contributed by atoms with Crippen molar-refractivity contribution < 1.29 is 14.2 Å². The average molecular weight is 409 g/mol. The molecular formula is C22H27N5O3. The molecule has 0 bridgehead atoms. The first kappa shape index (κ1) is 20.3. The molecule has 3 heterocycles. The van der Waals surface area contributed by atoms with E-state index >= 15 is 0 Å². The maximum atomic E-state index is 6.04. The van der Waals surface area contributed by atoms with Crippen molar-refractivity contribution in [2.24, 2.45) is 0 Å². The number of methoxy groups -OCH3 is 1. The highest BCUT2D eigenvalue weighted by atomic mass is 16.5. The van der Waals surface area contributed by atoms with Gasteiger partial charge in [0.15, 0.2) is 11.5 Å². The van der Waals surface area contributed by atoms with Crippen molar-refractivity contribution in [3.63, 3.8) is 0 Å². The summed E-state index contributed by atoms with van der Waals surface area (Å²) in [6.07, 6.45) is 6.24. The molecule has 8 heteroatoms. The Kier molecular flexibility index (Phi) is 6.56. The minimum Gasteiger partial charge on any atom is -0.493 e. The Morgan fingerprint density at radius 2 is 1.90 bits per heavy atom. The van der Waals surface area contributed by atoms with Crippen molar-refractivity contribution in [2.45, 2.75) is 13.3 Å². The number of rotatable bonds is 8. The number of aromatic nitrogens is 3. The van der Waals surface area contributed by atoms with Crippen LogP contribution in [-0.4, -0.2) is 66.4 Å². The summed E-state index contributed by atoms with van der Waals surface area (Å²) < 4.78 is 17.0. The van der Waals surface area contributed by atoms with E-state index in [0.29, 0.717) is 18.1 Å². The van der Waals surface area contributed by atoms with Crippen LogP contribution in [0.25, 0.3) is 10.9 Å². The molecule has 0 aliphatic carbocycles. The second-order valence-corrected chi connectivity index (χ2v) is 7.18. The van der Waals surface area contributed by atoms with E-state index in [9.17, 15) is 0 Å². The predicted molar refractivity (Wildman–Crippen MR) is 116 cm³/mol. The second kappa shape index (κ2) is 9.69. The zero-order valence-corrected chi connectivity index (χ0v) is 17.4. The van der Waals surface area contributed by atoms with Gasteiger partial charge in [-0.25, -0.2) is 9.97 Å². The van der Waals surface area contributed by atoms with Crippen LogP contribution in [0.5, 0.6) is 11.5 Å². The molecule has 1 aliphatic heterocycles. The Morgan fingerprint density at radius 1 is 1.10 bits per heavy atom. The molecule has 158 valence electrons. The standard InChI is InChI=1S/C22H27N5O3/c1-16-24-14-17(15-25-16)26-19-4-5-23-20-13-22(21(28-2)12-18(19)20)30-9-3-6-27-7-10-29-11-8-27/h4-5,12-15H,3,6-11H2,1-2H3,(H,23,26). The van der Waals surface area contributed by atoms with E-state index in [2.05, 4.69) is 25.2 Å². The SMILES string of the molecule is COc1cc2c(Nc3cnc(C)nc3)ccnc2cc1OCCCN1CCOCC1. The van der Waals surface area contributed by atoms with E-state index in [1.165, 1.54) is 0 Å². The lowest BCUT2D eigenvalue weighted by atomic mass is 10.1. The van der Waals surface area contributed by atoms with Gasteiger partial charge in [-0.2, -0.15) is 0 Å². The number of fused-ring (bicyclic) bond motifs is 1. The van der Waals surface area contributed by atoms with Crippen molar-refractivity contribution in [2.75, 3.05) is 51.9 Å². The number of morpholine rings is 1. The van der Waals surface area contributed by atoms with Gasteiger partial charge in [-0.15, -0.1) is 0 Å². The largest absolute Gasteiger partial charge is 0.493 e. The van der Waals surface area contributed by atoms with Crippen molar-refractivity contribution >= 4 is 22.3 Å². The van der Waals surface area contributed by atoms with Gasteiger partial charge in [0, 0.05) is 43.0 Å². The first-order chi connectivity index (χ1) is 14.7. The lowest BCUT2D eigenvalue weighted by Crippen LogP contribution is -2.37. The number of aryl methyl sites for hydroxylation is 1. The number of hydrogen-bond acceptors (Lipinski definition) is 8. The summed E-state index contributed by atoms with van der Waals surface area (Å²) in [6, 6.07) is 5.81. The Morgan fingerprint density at radius 3 is 2.67 bits per heavy atom. The quantitative estimate of drug-likeness (QED) is 0.568. The Hall–Kier alpha value is -2.97. The maximum absolute atomic E-state index is 6.04. The van der Waals surface area contributed by atoms with Gasteiger partial charge in [-0.05, 0) is 25.5 Å². The molecule has 0 saturated carbocycles. The Labute approximate surface area is 176 Å². The average Bonchev–Trinajstić information content (AvgIpc) is 2.78. The maximum Gasteiger partial charge on any atom is 0.163 e. The highest BCUT2D eigenvalue weighted by Crippen LogP contribution is 2.35. The van der Waals surface area contributed by atoms with Gasteiger partial charge in [0.25, 0.3) is 0 Å². The summed E-state index contributed by atoms with van der Waals surface area (Å²) in [5.74, 6) is 2.12. The monoisotopic (exact) mass is 409 g/mol. The van der Waals surface area contributed by atoms with Crippen LogP contribution in [0, 0.1) is 6.92 Å². The molecule has 2 aromatic heterocycles. The normalized spacial score (nSPS) is 14.6. The van der Waals surface area contributed by atoms with Crippen LogP contribution >= 0.6 is 0 Å². The number of pyridine rings is 1. The topological polar surface area (TPSA) is 81.6 Å². The van der Waals surface area contributed by atoms with E-state index in [1.54, 1.807) is 25.7 Å². The number of ether oxygens (including phenoxy) is 3. The molecule has 1 aliphatic rings. The van der Waals surface area contributed by atoms with Crippen LogP contribution in [0.2, 0.25) is 0 Å². The third-order valence-corrected chi connectivity index (χ3v) is 5.07. The lowest BCUT2D eigenvalue weighted by Gasteiger charge is -2.26. The summed E-state index contributed by atoms with van der Waals surface area (Å²) in [7, 11) is 1.65. The van der Waals surface area contributed by atoms with Crippen molar-refractivity contribution in [3.05, 3.63) is 42.6 Å². The molecule has 1 aromatic carbocycles. The number of hydrogen-bond donors (Lipinski definition) is 1. The van der Waals surface area contributed by atoms with E-state index in [-0.39, 0.29) is 0 Å². The summed E-state index contributed by atoms with van der Waals surface area (Å²) in [5, 5.41) is 4.30. The Balaban J connectivity index is 1.47. The van der Waals surface area contributed by atoms with E-state index in [0.717, 1.165) is 67.4 Å². The second-order valence-electron chi connectivity index (χ2n) is 7.18. The smallest absolute Gasteiger partial charge is 0.163 e. The van der Waals surface area contributed by atoms with Gasteiger partial charge in [-0.3, -0.25) is 9.88 Å². The third kappa shape index (κ3) is 4.95. The zero-order valence-electron chi connectivity index (χ0n) is 17.4. The Bertz CT molecular complexity index is 974. The molecule has 0 radical (unpaired) electrons. The summed E-state index contributed by atoms with van der Waals surface area (Å²) >= 11 is 0. The molecule has 0 spiro atoms. The number of anilines is 2. The molecule has 8 nitrogen and oxygen atoms in total. The fourth-order valence-electron chi connectivity index (χ4n) is 3.44. The van der Waals surface area contributed by atoms with Crippen LogP contribution in [0.1, 0.15) is 12.2 Å². The molecule has 1 N–H and O–H groups in total. The van der Waals surface area contributed by atoms with E-state index in [1.807, 2.05) is 25.1 Å². The van der Waals surface area contributed by atoms with Gasteiger partial charge < -0.3 is 19.5 Å². The van der Waals surface area contributed by atoms with Gasteiger partial charge in [0.05, 0.1) is 50.5 Å². The van der Waals surface area contributed by atoms with Crippen LogP contribution < -0.4 is 14.8 Å². The van der Waals surface area contributed by atoms with Crippen LogP contribution in [0.15, 0.2) is 36.8 Å². The molecule has 0 amide bonds. The molecule has 0 unspecified atom stereocenters. The number of benzene rings is 1. The van der Waals surface area contributed by atoms with Gasteiger partial charge >= 0.3 is 0 Å².